The molecule has 0 N–H and O–H groups in total. The van der Waals surface area contributed by atoms with E-state index in [9.17, 15) is 10.1 Å². The van der Waals surface area contributed by atoms with Crippen molar-refractivity contribution in [3.63, 3.8) is 0 Å². The summed E-state index contributed by atoms with van der Waals surface area (Å²) in [6.07, 6.45) is 0. The highest BCUT2D eigenvalue weighted by Gasteiger charge is 2.17. The summed E-state index contributed by atoms with van der Waals surface area (Å²) < 4.78 is 5.48. The number of nitrogens with zero attached hydrogens (tertiary/aromatic N) is 2. The lowest BCUT2D eigenvalue weighted by atomic mass is 10.1. The molecule has 0 saturated carbocycles. The Morgan fingerprint density at radius 1 is 1.25 bits per heavy atom. The van der Waals surface area contributed by atoms with Crippen molar-refractivity contribution in [2.24, 2.45) is 0 Å². The Hall–Kier alpha value is -2.58. The van der Waals surface area contributed by atoms with Gasteiger partial charge in [-0.1, -0.05) is 17.7 Å². The third-order valence-corrected chi connectivity index (χ3v) is 2.83. The first kappa shape index (κ1) is 13.8. The smallest absolute Gasteiger partial charge is 0.311 e. The first-order valence-corrected chi connectivity index (χ1v) is 6.01. The molecule has 0 unspecified atom stereocenters. The van der Waals surface area contributed by atoms with Gasteiger partial charge in [-0.05, 0) is 30.7 Å². The molecule has 0 bridgehead atoms. The van der Waals surface area contributed by atoms with E-state index in [1.54, 1.807) is 18.2 Å². The lowest BCUT2D eigenvalue weighted by molar-refractivity contribution is -0.385. The molecule has 0 aliphatic heterocycles. The van der Waals surface area contributed by atoms with Crippen LogP contribution >= 0.6 is 11.6 Å². The van der Waals surface area contributed by atoms with Gasteiger partial charge in [0.1, 0.15) is 11.8 Å². The number of nitro benzene ring substituents is 1. The van der Waals surface area contributed by atoms with E-state index in [0.717, 1.165) is 5.56 Å². The predicted octanol–water partition coefficient (Wildman–Crippen LogP) is 4.22. The minimum atomic E-state index is -0.564. The fourth-order valence-electron chi connectivity index (χ4n) is 1.66. The standard InChI is InChI=1S/C14H9ClN2O3/c1-9-2-5-13(10(6-9)8-16)20-14-7-11(15)3-4-12(14)17(18)19/h2-7H,1H3. The molecule has 0 aliphatic carbocycles. The van der Waals surface area contributed by atoms with Gasteiger partial charge in [0.15, 0.2) is 0 Å². The number of ether oxygens (including phenoxy) is 1. The summed E-state index contributed by atoms with van der Waals surface area (Å²) in [6.45, 7) is 1.84. The van der Waals surface area contributed by atoms with Crippen LogP contribution < -0.4 is 4.74 Å². The Morgan fingerprint density at radius 3 is 2.65 bits per heavy atom. The SMILES string of the molecule is Cc1ccc(Oc2cc(Cl)ccc2[N+](=O)[O-])c(C#N)c1. The average molecular weight is 289 g/mol. The maximum Gasteiger partial charge on any atom is 0.311 e. The number of hydrogen-bond donors (Lipinski definition) is 0. The molecule has 2 aromatic rings. The molecule has 0 atom stereocenters. The zero-order valence-corrected chi connectivity index (χ0v) is 11.2. The topological polar surface area (TPSA) is 76.2 Å². The van der Waals surface area contributed by atoms with Crippen molar-refractivity contribution in [3.05, 3.63) is 62.7 Å². The van der Waals surface area contributed by atoms with Crippen LogP contribution in [0.5, 0.6) is 11.5 Å². The Labute approximate surface area is 120 Å². The predicted molar refractivity (Wildman–Crippen MR) is 74.1 cm³/mol. The van der Waals surface area contributed by atoms with Crippen molar-refractivity contribution in [1.82, 2.24) is 0 Å². The molecular formula is C14H9ClN2O3. The van der Waals surface area contributed by atoms with Crippen LogP contribution in [0.15, 0.2) is 36.4 Å². The summed E-state index contributed by atoms with van der Waals surface area (Å²) in [7, 11) is 0. The van der Waals surface area contributed by atoms with Crippen molar-refractivity contribution in [1.29, 1.82) is 5.26 Å². The van der Waals surface area contributed by atoms with Gasteiger partial charge in [-0.2, -0.15) is 5.26 Å². The van der Waals surface area contributed by atoms with Gasteiger partial charge in [0.05, 0.1) is 10.5 Å². The van der Waals surface area contributed by atoms with Gasteiger partial charge < -0.3 is 4.74 Å². The molecule has 5 nitrogen and oxygen atoms in total. The molecule has 0 aliphatic rings. The Kier molecular flexibility index (Phi) is 3.87. The molecule has 0 aromatic heterocycles. The largest absolute Gasteiger partial charge is 0.449 e. The van der Waals surface area contributed by atoms with Crippen LogP contribution in [0.4, 0.5) is 5.69 Å². The van der Waals surface area contributed by atoms with E-state index < -0.39 is 4.92 Å². The second kappa shape index (κ2) is 5.59. The zero-order chi connectivity index (χ0) is 14.7. The van der Waals surface area contributed by atoms with Gasteiger partial charge in [-0.25, -0.2) is 0 Å². The van der Waals surface area contributed by atoms with E-state index in [4.69, 9.17) is 21.6 Å². The summed E-state index contributed by atoms with van der Waals surface area (Å²) in [4.78, 5) is 10.4. The van der Waals surface area contributed by atoms with Gasteiger partial charge >= 0.3 is 5.69 Å². The van der Waals surface area contributed by atoms with Crippen LogP contribution in [-0.2, 0) is 0 Å². The van der Waals surface area contributed by atoms with E-state index in [2.05, 4.69) is 0 Å². The maximum atomic E-state index is 10.9. The first-order chi connectivity index (χ1) is 9.51. The molecular weight excluding hydrogens is 280 g/mol. The van der Waals surface area contributed by atoms with Gasteiger partial charge in [-0.3, -0.25) is 10.1 Å². The van der Waals surface area contributed by atoms with Crippen molar-refractivity contribution in [2.75, 3.05) is 0 Å². The number of nitriles is 1. The highest BCUT2D eigenvalue weighted by Crippen LogP contribution is 2.35. The summed E-state index contributed by atoms with van der Waals surface area (Å²) in [5.41, 5.74) is 0.993. The second-order valence-electron chi connectivity index (χ2n) is 4.08. The minimum Gasteiger partial charge on any atom is -0.449 e. The van der Waals surface area contributed by atoms with Gasteiger partial charge in [-0.15, -0.1) is 0 Å². The van der Waals surface area contributed by atoms with E-state index in [1.165, 1.54) is 18.2 Å². The van der Waals surface area contributed by atoms with E-state index in [1.807, 2.05) is 13.0 Å². The number of hydrogen-bond acceptors (Lipinski definition) is 4. The lowest BCUT2D eigenvalue weighted by Gasteiger charge is -2.08. The van der Waals surface area contributed by atoms with E-state index >= 15 is 0 Å². The van der Waals surface area contributed by atoms with Gasteiger partial charge in [0.25, 0.3) is 0 Å². The van der Waals surface area contributed by atoms with Crippen LogP contribution in [0.2, 0.25) is 5.02 Å². The fourth-order valence-corrected chi connectivity index (χ4v) is 1.82. The van der Waals surface area contributed by atoms with Crippen LogP contribution in [0.1, 0.15) is 11.1 Å². The summed E-state index contributed by atoms with van der Waals surface area (Å²) in [6, 6.07) is 11.0. The fraction of sp³-hybridized carbons (Fsp3) is 0.0714. The molecule has 6 heteroatoms. The highest BCUT2D eigenvalue weighted by atomic mass is 35.5. The minimum absolute atomic E-state index is 0.00264. The van der Waals surface area contributed by atoms with Crippen molar-refractivity contribution in [2.45, 2.75) is 6.92 Å². The molecule has 2 aromatic carbocycles. The average Bonchev–Trinajstić information content (AvgIpc) is 2.40. The third-order valence-electron chi connectivity index (χ3n) is 2.59. The molecule has 0 radical (unpaired) electrons. The first-order valence-electron chi connectivity index (χ1n) is 5.64. The number of rotatable bonds is 3. The molecule has 0 fully saturated rings. The van der Waals surface area contributed by atoms with Crippen LogP contribution in [0.25, 0.3) is 0 Å². The van der Waals surface area contributed by atoms with Crippen molar-refractivity contribution < 1.29 is 9.66 Å². The second-order valence-corrected chi connectivity index (χ2v) is 4.52. The van der Waals surface area contributed by atoms with Gasteiger partial charge in [0.2, 0.25) is 5.75 Å². The molecule has 0 heterocycles. The number of benzene rings is 2. The molecule has 2 rings (SSSR count). The third kappa shape index (κ3) is 2.87. The van der Waals surface area contributed by atoms with Crippen LogP contribution in [-0.4, -0.2) is 4.92 Å². The number of aryl methyl sites for hydroxylation is 1. The Morgan fingerprint density at radius 2 is 2.00 bits per heavy atom. The summed E-state index contributed by atoms with van der Waals surface area (Å²) in [5, 5.41) is 20.3. The molecule has 100 valence electrons. The lowest BCUT2D eigenvalue weighted by Crippen LogP contribution is -1.95. The quantitative estimate of drug-likeness (QED) is 0.626. The van der Waals surface area contributed by atoms with Crippen LogP contribution in [0, 0.1) is 28.4 Å². The van der Waals surface area contributed by atoms with Crippen LogP contribution in [0.3, 0.4) is 0 Å². The molecule has 0 spiro atoms. The monoisotopic (exact) mass is 288 g/mol. The normalized spacial score (nSPS) is 9.85. The van der Waals surface area contributed by atoms with E-state index in [0.29, 0.717) is 10.6 Å². The zero-order valence-electron chi connectivity index (χ0n) is 10.5. The highest BCUT2D eigenvalue weighted by molar-refractivity contribution is 6.30. The summed E-state index contributed by atoms with van der Waals surface area (Å²) in [5.74, 6) is 0.256. The number of halogens is 1. The maximum absolute atomic E-state index is 10.9. The van der Waals surface area contributed by atoms with Crippen molar-refractivity contribution >= 4 is 17.3 Å². The molecule has 20 heavy (non-hydrogen) atoms. The molecule has 0 amide bonds. The Balaban J connectivity index is 2.47. The molecule has 0 saturated heterocycles. The number of nitro groups is 1. The Bertz CT molecular complexity index is 723. The summed E-state index contributed by atoms with van der Waals surface area (Å²) >= 11 is 5.82. The van der Waals surface area contributed by atoms with Gasteiger partial charge in [0, 0.05) is 17.2 Å². The van der Waals surface area contributed by atoms with E-state index in [-0.39, 0.29) is 17.2 Å². The van der Waals surface area contributed by atoms with Crippen molar-refractivity contribution in [3.8, 4) is 17.6 Å².